The predicted octanol–water partition coefficient (Wildman–Crippen LogP) is 2.60. The standard InChI is InChI=1S/C13H9F2NO2/c14-13(15)7-12(13,11(17)18)10-6-5-8-3-1-2-4-9(8)16-10/h1-6H,7H2,(H,17,18). The van der Waals surface area contributed by atoms with Gasteiger partial charge >= 0.3 is 5.97 Å². The van der Waals surface area contributed by atoms with E-state index in [1.54, 1.807) is 24.3 Å². The number of pyridine rings is 1. The lowest BCUT2D eigenvalue weighted by Gasteiger charge is -2.11. The molecule has 1 aromatic heterocycles. The Morgan fingerprint density at radius 2 is 1.89 bits per heavy atom. The van der Waals surface area contributed by atoms with E-state index in [0.29, 0.717) is 5.52 Å². The zero-order valence-corrected chi connectivity index (χ0v) is 9.23. The first kappa shape index (κ1) is 11.1. The number of para-hydroxylation sites is 1. The van der Waals surface area contributed by atoms with Crippen LogP contribution in [-0.2, 0) is 10.2 Å². The molecular weight excluding hydrogens is 240 g/mol. The first-order valence-electron chi connectivity index (χ1n) is 5.45. The van der Waals surface area contributed by atoms with Gasteiger partial charge in [0, 0.05) is 11.8 Å². The van der Waals surface area contributed by atoms with Crippen molar-refractivity contribution in [1.29, 1.82) is 0 Å². The summed E-state index contributed by atoms with van der Waals surface area (Å²) in [6.45, 7) is 0. The van der Waals surface area contributed by atoms with Crippen molar-refractivity contribution in [3.8, 4) is 0 Å². The van der Waals surface area contributed by atoms with Crippen LogP contribution in [0.5, 0.6) is 0 Å². The Labute approximate surface area is 101 Å². The summed E-state index contributed by atoms with van der Waals surface area (Å²) < 4.78 is 26.7. The third-order valence-electron chi connectivity index (χ3n) is 3.39. The summed E-state index contributed by atoms with van der Waals surface area (Å²) in [5.41, 5.74) is -1.69. The second-order valence-corrected chi connectivity index (χ2v) is 4.48. The minimum Gasteiger partial charge on any atom is -0.480 e. The topological polar surface area (TPSA) is 50.2 Å². The van der Waals surface area contributed by atoms with Crippen molar-refractivity contribution in [2.45, 2.75) is 17.8 Å². The molecule has 0 spiro atoms. The highest BCUT2D eigenvalue weighted by atomic mass is 19.3. The van der Waals surface area contributed by atoms with Gasteiger partial charge in [-0.2, -0.15) is 0 Å². The molecule has 1 N–H and O–H groups in total. The molecule has 1 fully saturated rings. The quantitative estimate of drug-likeness (QED) is 0.890. The normalized spacial score (nSPS) is 25.0. The summed E-state index contributed by atoms with van der Waals surface area (Å²) in [5.74, 6) is -4.73. The third-order valence-corrected chi connectivity index (χ3v) is 3.39. The molecule has 1 atom stereocenters. The number of carboxylic acids is 1. The van der Waals surface area contributed by atoms with E-state index in [0.717, 1.165) is 5.39 Å². The zero-order chi connectivity index (χ0) is 13.0. The number of aromatic nitrogens is 1. The van der Waals surface area contributed by atoms with Crippen LogP contribution in [0.2, 0.25) is 0 Å². The maximum absolute atomic E-state index is 13.4. The molecule has 2 aromatic rings. The van der Waals surface area contributed by atoms with Crippen LogP contribution in [0.25, 0.3) is 10.9 Å². The Morgan fingerprint density at radius 1 is 1.22 bits per heavy atom. The zero-order valence-electron chi connectivity index (χ0n) is 9.23. The van der Waals surface area contributed by atoms with Gasteiger partial charge in [-0.1, -0.05) is 24.3 Å². The summed E-state index contributed by atoms with van der Waals surface area (Å²) in [4.78, 5) is 15.2. The summed E-state index contributed by atoms with van der Waals surface area (Å²) >= 11 is 0. The highest BCUT2D eigenvalue weighted by Crippen LogP contribution is 2.61. The smallest absolute Gasteiger partial charge is 0.322 e. The van der Waals surface area contributed by atoms with Gasteiger partial charge in [-0.25, -0.2) is 8.78 Å². The number of hydrogen-bond acceptors (Lipinski definition) is 2. The third kappa shape index (κ3) is 1.27. The van der Waals surface area contributed by atoms with Gasteiger partial charge in [0.1, 0.15) is 0 Å². The molecule has 1 heterocycles. The maximum atomic E-state index is 13.4. The fourth-order valence-electron chi connectivity index (χ4n) is 2.21. The number of rotatable bonds is 2. The van der Waals surface area contributed by atoms with Crippen molar-refractivity contribution in [3.05, 3.63) is 42.1 Å². The van der Waals surface area contributed by atoms with E-state index in [-0.39, 0.29) is 5.69 Å². The maximum Gasteiger partial charge on any atom is 0.322 e. The second-order valence-electron chi connectivity index (χ2n) is 4.48. The number of carboxylic acid groups (broad SMARTS) is 1. The minimum absolute atomic E-state index is 0.0706. The molecule has 0 aliphatic heterocycles. The van der Waals surface area contributed by atoms with Crippen LogP contribution in [0.4, 0.5) is 8.78 Å². The Hall–Kier alpha value is -2.04. The van der Waals surface area contributed by atoms with E-state index in [2.05, 4.69) is 4.98 Å². The van der Waals surface area contributed by atoms with Crippen molar-refractivity contribution < 1.29 is 18.7 Å². The molecular formula is C13H9F2NO2. The van der Waals surface area contributed by atoms with E-state index < -0.39 is 23.7 Å². The van der Waals surface area contributed by atoms with Crippen LogP contribution in [-0.4, -0.2) is 22.0 Å². The van der Waals surface area contributed by atoms with Crippen molar-refractivity contribution in [2.24, 2.45) is 0 Å². The van der Waals surface area contributed by atoms with Crippen molar-refractivity contribution in [2.75, 3.05) is 0 Å². The number of carbonyl (C=O) groups is 1. The number of fused-ring (bicyclic) bond motifs is 1. The number of nitrogens with zero attached hydrogens (tertiary/aromatic N) is 1. The van der Waals surface area contributed by atoms with Crippen LogP contribution >= 0.6 is 0 Å². The van der Waals surface area contributed by atoms with Gasteiger partial charge < -0.3 is 5.11 Å². The van der Waals surface area contributed by atoms with Gasteiger partial charge in [0.25, 0.3) is 5.92 Å². The Morgan fingerprint density at radius 3 is 2.50 bits per heavy atom. The molecule has 3 rings (SSSR count). The van der Waals surface area contributed by atoms with E-state index in [1.807, 2.05) is 6.07 Å². The summed E-state index contributed by atoms with van der Waals surface area (Å²) in [5, 5.41) is 9.84. The van der Waals surface area contributed by atoms with Crippen LogP contribution < -0.4 is 0 Å². The average Bonchev–Trinajstić information content (AvgIpc) is 2.93. The molecule has 0 amide bonds. The summed E-state index contributed by atoms with van der Waals surface area (Å²) in [7, 11) is 0. The van der Waals surface area contributed by atoms with Crippen LogP contribution in [0.1, 0.15) is 12.1 Å². The SMILES string of the molecule is O=C(O)C1(c2ccc3ccccc3n2)CC1(F)F. The van der Waals surface area contributed by atoms with E-state index in [1.165, 1.54) is 6.07 Å². The lowest BCUT2D eigenvalue weighted by molar-refractivity contribution is -0.143. The lowest BCUT2D eigenvalue weighted by atomic mass is 10.0. The van der Waals surface area contributed by atoms with E-state index in [9.17, 15) is 13.6 Å². The van der Waals surface area contributed by atoms with Gasteiger partial charge in [0.2, 0.25) is 0 Å². The molecule has 1 unspecified atom stereocenters. The highest BCUT2D eigenvalue weighted by molar-refractivity contribution is 5.88. The summed E-state index contributed by atoms with van der Waals surface area (Å²) in [6, 6.07) is 10.0. The summed E-state index contributed by atoms with van der Waals surface area (Å²) in [6.07, 6.45) is -0.680. The monoisotopic (exact) mass is 249 g/mol. The van der Waals surface area contributed by atoms with Gasteiger partial charge in [0.05, 0.1) is 11.2 Å². The first-order chi connectivity index (χ1) is 8.47. The number of hydrogen-bond donors (Lipinski definition) is 1. The molecule has 3 nitrogen and oxygen atoms in total. The van der Waals surface area contributed by atoms with E-state index in [4.69, 9.17) is 5.11 Å². The Kier molecular flexibility index (Phi) is 2.00. The molecule has 1 aliphatic carbocycles. The van der Waals surface area contributed by atoms with Crippen molar-refractivity contribution >= 4 is 16.9 Å². The molecule has 0 bridgehead atoms. The van der Waals surface area contributed by atoms with Gasteiger partial charge in [-0.15, -0.1) is 0 Å². The van der Waals surface area contributed by atoms with Gasteiger partial charge in [-0.05, 0) is 12.1 Å². The molecule has 0 radical (unpaired) electrons. The van der Waals surface area contributed by atoms with Gasteiger partial charge in [0.15, 0.2) is 5.41 Å². The van der Waals surface area contributed by atoms with Gasteiger partial charge in [-0.3, -0.25) is 9.78 Å². The minimum atomic E-state index is -3.21. The fraction of sp³-hybridized carbons (Fsp3) is 0.231. The van der Waals surface area contributed by atoms with Crippen LogP contribution in [0.15, 0.2) is 36.4 Å². The largest absolute Gasteiger partial charge is 0.480 e. The molecule has 5 heteroatoms. The molecule has 1 saturated carbocycles. The molecule has 0 saturated heterocycles. The van der Waals surface area contributed by atoms with Crippen molar-refractivity contribution in [3.63, 3.8) is 0 Å². The Bertz CT molecular complexity index is 656. The highest BCUT2D eigenvalue weighted by Gasteiger charge is 2.78. The van der Waals surface area contributed by atoms with Crippen LogP contribution in [0.3, 0.4) is 0 Å². The predicted molar refractivity (Wildman–Crippen MR) is 60.6 cm³/mol. The van der Waals surface area contributed by atoms with Crippen LogP contribution in [0, 0.1) is 0 Å². The van der Waals surface area contributed by atoms with E-state index >= 15 is 0 Å². The molecule has 1 aliphatic rings. The number of aliphatic carboxylic acids is 1. The fourth-order valence-corrected chi connectivity index (χ4v) is 2.21. The van der Waals surface area contributed by atoms with Crippen molar-refractivity contribution in [1.82, 2.24) is 4.98 Å². The molecule has 1 aromatic carbocycles. The average molecular weight is 249 g/mol. The molecule has 92 valence electrons. The number of halogens is 2. The second kappa shape index (κ2) is 3.25. The first-order valence-corrected chi connectivity index (χ1v) is 5.45. The lowest BCUT2D eigenvalue weighted by Crippen LogP contribution is -2.28. The number of benzene rings is 1. The Balaban J connectivity index is 2.18. The number of alkyl halides is 2. The molecule has 18 heavy (non-hydrogen) atoms.